The standard InChI is InChI=1S/C11H18N2O.ClH/c1-8-2-3-13(5-8)10(14)9-4-11(9)6-12-7-11;/h8-9,12H,2-7H2,1H3;1H. The summed E-state index contributed by atoms with van der Waals surface area (Å²) >= 11 is 0. The zero-order valence-corrected chi connectivity index (χ0v) is 9.98. The predicted octanol–water partition coefficient (Wildman–Crippen LogP) is 0.886. The minimum Gasteiger partial charge on any atom is -0.342 e. The zero-order valence-electron chi connectivity index (χ0n) is 9.16. The molecule has 0 bridgehead atoms. The summed E-state index contributed by atoms with van der Waals surface area (Å²) in [4.78, 5) is 14.1. The fourth-order valence-electron chi connectivity index (χ4n) is 2.89. The number of carbonyl (C=O) groups excluding carboxylic acids is 1. The average molecular weight is 231 g/mol. The molecule has 1 amide bonds. The number of likely N-dealkylation sites (tertiary alicyclic amines) is 1. The Morgan fingerprint density at radius 3 is 2.60 bits per heavy atom. The number of carbonyl (C=O) groups is 1. The van der Waals surface area contributed by atoms with Gasteiger partial charge in [-0.25, -0.2) is 0 Å². The van der Waals surface area contributed by atoms with E-state index in [-0.39, 0.29) is 12.4 Å². The lowest BCUT2D eigenvalue weighted by atomic mass is 9.96. The van der Waals surface area contributed by atoms with E-state index in [0.717, 1.165) is 32.6 Å². The molecule has 86 valence electrons. The largest absolute Gasteiger partial charge is 0.342 e. The van der Waals surface area contributed by atoms with Gasteiger partial charge in [0.25, 0.3) is 0 Å². The first-order valence-electron chi connectivity index (χ1n) is 5.71. The van der Waals surface area contributed by atoms with Crippen molar-refractivity contribution in [1.82, 2.24) is 10.2 Å². The molecule has 3 rings (SSSR count). The van der Waals surface area contributed by atoms with Crippen molar-refractivity contribution >= 4 is 18.3 Å². The van der Waals surface area contributed by atoms with E-state index in [1.807, 2.05) is 0 Å². The molecule has 1 saturated carbocycles. The number of nitrogens with zero attached hydrogens (tertiary/aromatic N) is 1. The minimum atomic E-state index is 0. The van der Waals surface area contributed by atoms with Gasteiger partial charge in [-0.2, -0.15) is 0 Å². The summed E-state index contributed by atoms with van der Waals surface area (Å²) in [6, 6.07) is 0. The number of hydrogen-bond donors (Lipinski definition) is 1. The van der Waals surface area contributed by atoms with Gasteiger partial charge < -0.3 is 10.2 Å². The van der Waals surface area contributed by atoms with Crippen LogP contribution in [0.25, 0.3) is 0 Å². The Bertz CT molecular complexity index is 272. The number of amides is 1. The van der Waals surface area contributed by atoms with E-state index < -0.39 is 0 Å². The Kier molecular flexibility index (Phi) is 2.72. The molecule has 3 nitrogen and oxygen atoms in total. The van der Waals surface area contributed by atoms with E-state index in [1.54, 1.807) is 0 Å². The summed E-state index contributed by atoms with van der Waals surface area (Å²) in [6.07, 6.45) is 2.34. The second-order valence-corrected chi connectivity index (χ2v) is 5.40. The van der Waals surface area contributed by atoms with Crippen LogP contribution in [-0.4, -0.2) is 37.0 Å². The number of hydrogen-bond acceptors (Lipinski definition) is 2. The SMILES string of the molecule is CC1CCN(C(=O)C2CC23CNC3)C1.Cl. The second kappa shape index (κ2) is 3.63. The Labute approximate surface area is 97.0 Å². The van der Waals surface area contributed by atoms with Crippen molar-refractivity contribution in [3.05, 3.63) is 0 Å². The molecule has 15 heavy (non-hydrogen) atoms. The Balaban J connectivity index is 0.000000853. The van der Waals surface area contributed by atoms with Gasteiger partial charge >= 0.3 is 0 Å². The van der Waals surface area contributed by atoms with Crippen LogP contribution < -0.4 is 5.32 Å². The Morgan fingerprint density at radius 1 is 1.47 bits per heavy atom. The van der Waals surface area contributed by atoms with Gasteiger partial charge in [0.05, 0.1) is 0 Å². The van der Waals surface area contributed by atoms with Crippen LogP contribution in [0.2, 0.25) is 0 Å². The van der Waals surface area contributed by atoms with Crippen molar-refractivity contribution in [2.45, 2.75) is 19.8 Å². The summed E-state index contributed by atoms with van der Waals surface area (Å²) in [7, 11) is 0. The van der Waals surface area contributed by atoms with Crippen LogP contribution in [0.3, 0.4) is 0 Å². The third kappa shape index (κ3) is 1.66. The maximum absolute atomic E-state index is 12.1. The first kappa shape index (κ1) is 11.2. The van der Waals surface area contributed by atoms with Gasteiger partial charge in [-0.3, -0.25) is 4.79 Å². The van der Waals surface area contributed by atoms with Gasteiger partial charge in [0.2, 0.25) is 5.91 Å². The van der Waals surface area contributed by atoms with Crippen molar-refractivity contribution in [3.63, 3.8) is 0 Å². The normalized spacial score (nSPS) is 35.9. The molecule has 2 heterocycles. The van der Waals surface area contributed by atoms with Crippen molar-refractivity contribution in [2.75, 3.05) is 26.2 Å². The highest BCUT2D eigenvalue weighted by molar-refractivity contribution is 5.85. The molecule has 2 aliphatic heterocycles. The summed E-state index contributed by atoms with van der Waals surface area (Å²) in [6.45, 7) is 6.39. The van der Waals surface area contributed by atoms with Gasteiger partial charge in [0.15, 0.2) is 0 Å². The Hall–Kier alpha value is -0.280. The summed E-state index contributed by atoms with van der Waals surface area (Å²) in [5.41, 5.74) is 0.406. The summed E-state index contributed by atoms with van der Waals surface area (Å²) in [5.74, 6) is 1.53. The maximum atomic E-state index is 12.1. The molecule has 2 saturated heterocycles. The first-order chi connectivity index (χ1) is 6.71. The fraction of sp³-hybridized carbons (Fsp3) is 0.909. The lowest BCUT2D eigenvalue weighted by Gasteiger charge is -2.29. The highest BCUT2D eigenvalue weighted by atomic mass is 35.5. The number of halogens is 1. The number of rotatable bonds is 1. The van der Waals surface area contributed by atoms with Gasteiger partial charge in [-0.1, -0.05) is 6.92 Å². The molecule has 0 aromatic heterocycles. The fourth-order valence-corrected chi connectivity index (χ4v) is 2.89. The van der Waals surface area contributed by atoms with Crippen LogP contribution >= 0.6 is 12.4 Å². The molecule has 0 aromatic carbocycles. The van der Waals surface area contributed by atoms with Crippen molar-refractivity contribution in [3.8, 4) is 0 Å². The first-order valence-corrected chi connectivity index (χ1v) is 5.71. The molecule has 3 aliphatic rings. The molecule has 1 N–H and O–H groups in total. The highest BCUT2D eigenvalue weighted by Gasteiger charge is 2.62. The van der Waals surface area contributed by atoms with E-state index >= 15 is 0 Å². The van der Waals surface area contributed by atoms with Crippen LogP contribution in [0.5, 0.6) is 0 Å². The molecule has 4 heteroatoms. The topological polar surface area (TPSA) is 32.3 Å². The third-order valence-electron chi connectivity index (χ3n) is 4.18. The predicted molar refractivity (Wildman–Crippen MR) is 61.0 cm³/mol. The van der Waals surface area contributed by atoms with Crippen molar-refractivity contribution < 1.29 is 4.79 Å². The molecule has 2 atom stereocenters. The van der Waals surface area contributed by atoms with E-state index in [1.165, 1.54) is 6.42 Å². The van der Waals surface area contributed by atoms with Gasteiger partial charge in [-0.05, 0) is 18.8 Å². The zero-order chi connectivity index (χ0) is 9.76. The molecule has 3 fully saturated rings. The van der Waals surface area contributed by atoms with Gasteiger partial charge in [-0.15, -0.1) is 12.4 Å². The smallest absolute Gasteiger partial charge is 0.226 e. The molecule has 2 unspecified atom stereocenters. The van der Waals surface area contributed by atoms with Gasteiger partial charge in [0.1, 0.15) is 0 Å². The van der Waals surface area contributed by atoms with Crippen LogP contribution in [0.1, 0.15) is 19.8 Å². The van der Waals surface area contributed by atoms with Crippen LogP contribution in [0, 0.1) is 17.3 Å². The highest BCUT2D eigenvalue weighted by Crippen LogP contribution is 2.56. The quantitative estimate of drug-likeness (QED) is 0.726. The van der Waals surface area contributed by atoms with Crippen LogP contribution in [-0.2, 0) is 4.79 Å². The van der Waals surface area contributed by atoms with Crippen LogP contribution in [0.4, 0.5) is 0 Å². The molecular weight excluding hydrogens is 212 g/mol. The van der Waals surface area contributed by atoms with E-state index in [0.29, 0.717) is 23.2 Å². The third-order valence-corrected chi connectivity index (χ3v) is 4.18. The summed E-state index contributed by atoms with van der Waals surface area (Å²) in [5, 5.41) is 3.28. The van der Waals surface area contributed by atoms with Crippen molar-refractivity contribution in [2.24, 2.45) is 17.3 Å². The van der Waals surface area contributed by atoms with Gasteiger partial charge in [0, 0.05) is 37.5 Å². The molecule has 1 spiro atoms. The average Bonchev–Trinajstić information content (AvgIpc) is 2.75. The lowest BCUT2D eigenvalue weighted by molar-refractivity contribution is -0.132. The minimum absolute atomic E-state index is 0. The van der Waals surface area contributed by atoms with Crippen molar-refractivity contribution in [1.29, 1.82) is 0 Å². The number of nitrogens with one attached hydrogen (secondary N) is 1. The molecule has 0 radical (unpaired) electrons. The molecule has 0 aromatic rings. The van der Waals surface area contributed by atoms with E-state index in [4.69, 9.17) is 0 Å². The maximum Gasteiger partial charge on any atom is 0.226 e. The summed E-state index contributed by atoms with van der Waals surface area (Å²) < 4.78 is 0. The molecular formula is C11H19ClN2O. The Morgan fingerprint density at radius 2 is 2.20 bits per heavy atom. The lowest BCUT2D eigenvalue weighted by Crippen LogP contribution is -2.47. The van der Waals surface area contributed by atoms with E-state index in [2.05, 4.69) is 17.1 Å². The monoisotopic (exact) mass is 230 g/mol. The second-order valence-electron chi connectivity index (χ2n) is 5.40. The van der Waals surface area contributed by atoms with E-state index in [9.17, 15) is 4.79 Å². The van der Waals surface area contributed by atoms with Crippen LogP contribution in [0.15, 0.2) is 0 Å². The molecule has 1 aliphatic carbocycles.